The molecule has 0 aliphatic carbocycles. The van der Waals surface area contributed by atoms with E-state index >= 15 is 0 Å². The van der Waals surface area contributed by atoms with Crippen molar-refractivity contribution in [2.45, 2.75) is 32.0 Å². The fourth-order valence-electron chi connectivity index (χ4n) is 1.45. The van der Waals surface area contributed by atoms with Gasteiger partial charge < -0.3 is 5.11 Å². The van der Waals surface area contributed by atoms with Gasteiger partial charge in [0.1, 0.15) is 5.75 Å². The molecule has 0 fully saturated rings. The minimum atomic E-state index is 0.481. The smallest absolute Gasteiger partial charge is 0.121 e. The van der Waals surface area contributed by atoms with Gasteiger partial charge in [-0.1, -0.05) is 41.9 Å². The Bertz CT molecular complexity index is 269. The summed E-state index contributed by atoms with van der Waals surface area (Å²) in [7, 11) is 0. The molecule has 0 saturated carbocycles. The number of alkyl halides is 1. The zero-order valence-corrected chi connectivity index (χ0v) is 9.69. The average molecular weight is 243 g/mol. The molecule has 1 aromatic rings. The molecule has 0 heterocycles. The van der Waals surface area contributed by atoms with E-state index in [9.17, 15) is 5.11 Å². The number of hydrogen-bond acceptors (Lipinski definition) is 1. The first-order chi connectivity index (χ1) is 6.22. The van der Waals surface area contributed by atoms with Gasteiger partial charge in [0.05, 0.1) is 0 Å². The Morgan fingerprint density at radius 3 is 1.92 bits per heavy atom. The van der Waals surface area contributed by atoms with Crippen molar-refractivity contribution in [2.75, 3.05) is 0 Å². The highest BCUT2D eigenvalue weighted by atomic mass is 79.9. The monoisotopic (exact) mass is 242 g/mol. The highest BCUT2D eigenvalue weighted by Crippen LogP contribution is 2.26. The lowest BCUT2D eigenvalue weighted by atomic mass is 10.0. The third kappa shape index (κ3) is 2.25. The van der Waals surface area contributed by atoms with Gasteiger partial charge in [0.2, 0.25) is 0 Å². The number of aryl methyl sites for hydroxylation is 2. The molecule has 0 atom stereocenters. The van der Waals surface area contributed by atoms with Crippen molar-refractivity contribution in [1.29, 1.82) is 0 Å². The summed E-state index contributed by atoms with van der Waals surface area (Å²) in [5.41, 5.74) is 3.34. The van der Waals surface area contributed by atoms with Gasteiger partial charge in [-0.15, -0.1) is 0 Å². The Morgan fingerprint density at radius 2 is 1.62 bits per heavy atom. The van der Waals surface area contributed by atoms with Gasteiger partial charge in [0.15, 0.2) is 0 Å². The van der Waals surface area contributed by atoms with Gasteiger partial charge in [0.25, 0.3) is 0 Å². The maximum absolute atomic E-state index is 9.79. The number of benzene rings is 1. The van der Waals surface area contributed by atoms with Crippen molar-refractivity contribution in [3.05, 3.63) is 28.8 Å². The second-order valence-electron chi connectivity index (χ2n) is 3.10. The summed E-state index contributed by atoms with van der Waals surface area (Å²) in [6.07, 6.45) is 1.78. The summed E-state index contributed by atoms with van der Waals surface area (Å²) in [6.45, 7) is 4.12. The van der Waals surface area contributed by atoms with Crippen LogP contribution in [0.4, 0.5) is 0 Å². The van der Waals surface area contributed by atoms with Gasteiger partial charge in [0, 0.05) is 5.33 Å². The van der Waals surface area contributed by atoms with E-state index in [1.54, 1.807) is 0 Å². The summed E-state index contributed by atoms with van der Waals surface area (Å²) in [4.78, 5) is 0. The number of halogens is 1. The van der Waals surface area contributed by atoms with Gasteiger partial charge in [-0.2, -0.15) is 0 Å². The minimum absolute atomic E-state index is 0.481. The number of phenols is 1. The van der Waals surface area contributed by atoms with Gasteiger partial charge in [-0.25, -0.2) is 0 Å². The van der Waals surface area contributed by atoms with Crippen LogP contribution in [0, 0.1) is 0 Å². The average Bonchev–Trinajstić information content (AvgIpc) is 2.18. The van der Waals surface area contributed by atoms with E-state index in [-0.39, 0.29) is 0 Å². The van der Waals surface area contributed by atoms with Crippen molar-refractivity contribution < 1.29 is 5.11 Å². The molecule has 0 aliphatic rings. The Kier molecular flexibility index (Phi) is 3.79. The molecule has 0 unspecified atom stereocenters. The first-order valence-corrected chi connectivity index (χ1v) is 5.74. The van der Waals surface area contributed by atoms with Crippen LogP contribution < -0.4 is 0 Å². The van der Waals surface area contributed by atoms with Gasteiger partial charge in [-0.3, -0.25) is 0 Å². The fourth-order valence-corrected chi connectivity index (χ4v) is 1.77. The largest absolute Gasteiger partial charge is 0.507 e. The first kappa shape index (κ1) is 10.6. The van der Waals surface area contributed by atoms with E-state index in [1.807, 2.05) is 0 Å². The Balaban J connectivity index is 3.20. The van der Waals surface area contributed by atoms with E-state index in [0.717, 1.165) is 29.3 Å². The van der Waals surface area contributed by atoms with Crippen molar-refractivity contribution in [3.63, 3.8) is 0 Å². The van der Waals surface area contributed by atoms with Crippen LogP contribution in [0.3, 0.4) is 0 Å². The van der Waals surface area contributed by atoms with E-state index in [4.69, 9.17) is 0 Å². The topological polar surface area (TPSA) is 20.2 Å². The zero-order chi connectivity index (χ0) is 9.84. The van der Waals surface area contributed by atoms with Crippen molar-refractivity contribution in [2.24, 2.45) is 0 Å². The Hall–Kier alpha value is -0.500. The molecule has 2 heteroatoms. The van der Waals surface area contributed by atoms with E-state index in [2.05, 4.69) is 41.9 Å². The molecule has 0 aromatic heterocycles. The summed E-state index contributed by atoms with van der Waals surface area (Å²) in [5.74, 6) is 0.481. The lowest BCUT2D eigenvalue weighted by Gasteiger charge is -2.09. The van der Waals surface area contributed by atoms with Crippen LogP contribution in [-0.4, -0.2) is 5.11 Å². The lowest BCUT2D eigenvalue weighted by Crippen LogP contribution is -1.91. The maximum Gasteiger partial charge on any atom is 0.121 e. The molecule has 0 radical (unpaired) electrons. The minimum Gasteiger partial charge on any atom is -0.507 e. The highest BCUT2D eigenvalue weighted by molar-refractivity contribution is 9.08. The molecule has 1 rings (SSSR count). The van der Waals surface area contributed by atoms with Crippen LogP contribution in [0.15, 0.2) is 12.1 Å². The van der Waals surface area contributed by atoms with E-state index in [0.29, 0.717) is 5.75 Å². The zero-order valence-electron chi connectivity index (χ0n) is 8.10. The molecule has 0 amide bonds. The fraction of sp³-hybridized carbons (Fsp3) is 0.455. The second-order valence-corrected chi connectivity index (χ2v) is 3.66. The summed E-state index contributed by atoms with van der Waals surface area (Å²) < 4.78 is 0. The SMILES string of the molecule is CCc1cc(CBr)cc(CC)c1O. The van der Waals surface area contributed by atoms with Crippen molar-refractivity contribution >= 4 is 15.9 Å². The molecule has 1 aromatic carbocycles. The predicted molar refractivity (Wildman–Crippen MR) is 59.5 cm³/mol. The molecule has 0 spiro atoms. The molecule has 0 saturated heterocycles. The third-order valence-corrected chi connectivity index (χ3v) is 2.89. The molecule has 72 valence electrons. The number of rotatable bonds is 3. The summed E-state index contributed by atoms with van der Waals surface area (Å²) >= 11 is 3.43. The molecule has 1 N–H and O–H groups in total. The lowest BCUT2D eigenvalue weighted by molar-refractivity contribution is 0.462. The van der Waals surface area contributed by atoms with Crippen LogP contribution in [0.1, 0.15) is 30.5 Å². The highest BCUT2D eigenvalue weighted by Gasteiger charge is 2.06. The quantitative estimate of drug-likeness (QED) is 0.806. The molecule has 0 bridgehead atoms. The standard InChI is InChI=1S/C11H15BrO/c1-3-9-5-8(7-12)6-10(4-2)11(9)13/h5-6,13H,3-4,7H2,1-2H3. The molecular weight excluding hydrogens is 228 g/mol. The Morgan fingerprint density at radius 1 is 1.15 bits per heavy atom. The molecule has 0 aliphatic heterocycles. The van der Waals surface area contributed by atoms with E-state index in [1.165, 1.54) is 5.56 Å². The predicted octanol–water partition coefficient (Wildman–Crippen LogP) is 3.41. The van der Waals surface area contributed by atoms with Crippen LogP contribution in [0.2, 0.25) is 0 Å². The summed E-state index contributed by atoms with van der Waals surface area (Å²) in [6, 6.07) is 4.12. The Labute approximate surface area is 87.9 Å². The van der Waals surface area contributed by atoms with Crippen LogP contribution in [0.5, 0.6) is 5.75 Å². The second kappa shape index (κ2) is 4.66. The molecular formula is C11H15BrO. The number of phenolic OH excluding ortho intramolecular Hbond substituents is 1. The van der Waals surface area contributed by atoms with Crippen molar-refractivity contribution in [3.8, 4) is 5.75 Å². The number of hydrogen-bond donors (Lipinski definition) is 1. The van der Waals surface area contributed by atoms with Crippen LogP contribution >= 0.6 is 15.9 Å². The molecule has 13 heavy (non-hydrogen) atoms. The van der Waals surface area contributed by atoms with E-state index < -0.39 is 0 Å². The van der Waals surface area contributed by atoms with Crippen LogP contribution in [-0.2, 0) is 18.2 Å². The van der Waals surface area contributed by atoms with Gasteiger partial charge >= 0.3 is 0 Å². The summed E-state index contributed by atoms with van der Waals surface area (Å²) in [5, 5.41) is 10.6. The van der Waals surface area contributed by atoms with Crippen molar-refractivity contribution in [1.82, 2.24) is 0 Å². The first-order valence-electron chi connectivity index (χ1n) is 4.62. The molecule has 1 nitrogen and oxygen atoms in total. The third-order valence-electron chi connectivity index (χ3n) is 2.24. The normalized spacial score (nSPS) is 10.4. The van der Waals surface area contributed by atoms with Crippen LogP contribution in [0.25, 0.3) is 0 Å². The number of aromatic hydroxyl groups is 1. The maximum atomic E-state index is 9.79. The van der Waals surface area contributed by atoms with Gasteiger partial charge in [-0.05, 0) is 29.5 Å².